The van der Waals surface area contributed by atoms with E-state index < -0.39 is 23.2 Å². The van der Waals surface area contributed by atoms with Crippen LogP contribution in [-0.2, 0) is 17.8 Å². The summed E-state index contributed by atoms with van der Waals surface area (Å²) in [4.78, 5) is 42.1. The molecule has 0 saturated carbocycles. The molecule has 0 saturated heterocycles. The van der Waals surface area contributed by atoms with Crippen LogP contribution in [0, 0.1) is 0 Å². The molecule has 1 atom stereocenters. The molecule has 1 aromatic heterocycles. The first-order valence-electron chi connectivity index (χ1n) is 10.5. The van der Waals surface area contributed by atoms with E-state index >= 15 is 0 Å². The standard InChI is InChI=1S/C25H21N3O5/c29-23(26-14-17-10-11-21-22(13-17)33-15-32-21)20(12-16-6-2-1-3-7-16)28-24(30)18-8-4-5-9-19(18)27-25(28)31/h1-11,13,20H,12,14-15H2,(H,26,29)(H,27,31). The Labute approximate surface area is 188 Å². The first kappa shape index (κ1) is 20.6. The lowest BCUT2D eigenvalue weighted by Gasteiger charge is -2.19. The Bertz CT molecular complexity index is 1440. The summed E-state index contributed by atoms with van der Waals surface area (Å²) in [6.07, 6.45) is 0.190. The van der Waals surface area contributed by atoms with Crippen molar-refractivity contribution in [2.75, 3.05) is 6.79 Å². The van der Waals surface area contributed by atoms with Gasteiger partial charge >= 0.3 is 5.69 Å². The van der Waals surface area contributed by atoms with E-state index in [1.807, 2.05) is 36.4 Å². The molecule has 166 valence electrons. The zero-order chi connectivity index (χ0) is 22.8. The average Bonchev–Trinajstić information content (AvgIpc) is 3.30. The topological polar surface area (TPSA) is 102 Å². The maximum Gasteiger partial charge on any atom is 0.329 e. The van der Waals surface area contributed by atoms with Gasteiger partial charge in [-0.3, -0.25) is 9.59 Å². The van der Waals surface area contributed by atoms with Gasteiger partial charge in [0.1, 0.15) is 6.04 Å². The van der Waals surface area contributed by atoms with Crippen molar-refractivity contribution >= 4 is 16.8 Å². The van der Waals surface area contributed by atoms with Gasteiger partial charge in [0, 0.05) is 13.0 Å². The molecule has 8 nitrogen and oxygen atoms in total. The summed E-state index contributed by atoms with van der Waals surface area (Å²) in [7, 11) is 0. The van der Waals surface area contributed by atoms with Gasteiger partial charge in [-0.1, -0.05) is 48.5 Å². The Balaban J connectivity index is 1.48. The number of aromatic amines is 1. The lowest BCUT2D eigenvalue weighted by atomic mass is 10.0. The number of rotatable bonds is 6. The Morgan fingerprint density at radius 1 is 0.939 bits per heavy atom. The molecule has 5 rings (SSSR count). The van der Waals surface area contributed by atoms with Crippen molar-refractivity contribution in [2.45, 2.75) is 19.0 Å². The maximum atomic E-state index is 13.3. The summed E-state index contributed by atoms with van der Waals surface area (Å²) in [5.41, 5.74) is 0.945. The van der Waals surface area contributed by atoms with Crippen LogP contribution in [0.25, 0.3) is 10.9 Å². The molecule has 0 radical (unpaired) electrons. The zero-order valence-electron chi connectivity index (χ0n) is 17.6. The van der Waals surface area contributed by atoms with Gasteiger partial charge in [0.05, 0.1) is 10.9 Å². The molecule has 0 aliphatic carbocycles. The molecule has 0 bridgehead atoms. The minimum absolute atomic E-state index is 0.165. The normalized spacial score (nSPS) is 13.1. The molecule has 33 heavy (non-hydrogen) atoms. The summed E-state index contributed by atoms with van der Waals surface area (Å²) >= 11 is 0. The van der Waals surface area contributed by atoms with Gasteiger partial charge < -0.3 is 19.8 Å². The fourth-order valence-electron chi connectivity index (χ4n) is 3.96. The molecule has 0 spiro atoms. The average molecular weight is 443 g/mol. The third-order valence-corrected chi connectivity index (χ3v) is 5.63. The number of para-hydroxylation sites is 1. The number of hydrogen-bond donors (Lipinski definition) is 2. The number of benzene rings is 3. The number of H-pyrrole nitrogens is 1. The minimum atomic E-state index is -1.03. The van der Waals surface area contributed by atoms with Gasteiger partial charge in [0.25, 0.3) is 5.56 Å². The lowest BCUT2D eigenvalue weighted by molar-refractivity contribution is -0.124. The fourth-order valence-corrected chi connectivity index (χ4v) is 3.96. The van der Waals surface area contributed by atoms with Crippen molar-refractivity contribution in [3.8, 4) is 11.5 Å². The fraction of sp³-hybridized carbons (Fsp3) is 0.160. The summed E-state index contributed by atoms with van der Waals surface area (Å²) in [5, 5.41) is 3.21. The van der Waals surface area contributed by atoms with E-state index in [9.17, 15) is 14.4 Å². The van der Waals surface area contributed by atoms with E-state index in [-0.39, 0.29) is 19.8 Å². The number of fused-ring (bicyclic) bond motifs is 2. The summed E-state index contributed by atoms with van der Waals surface area (Å²) in [6, 6.07) is 20.4. The second-order valence-corrected chi connectivity index (χ2v) is 7.76. The largest absolute Gasteiger partial charge is 0.454 e. The van der Waals surface area contributed by atoms with Gasteiger partial charge in [-0.05, 0) is 35.4 Å². The van der Waals surface area contributed by atoms with E-state index in [4.69, 9.17) is 9.47 Å². The zero-order valence-corrected chi connectivity index (χ0v) is 17.6. The molecule has 1 aliphatic rings. The van der Waals surface area contributed by atoms with Crippen LogP contribution in [0.2, 0.25) is 0 Å². The lowest BCUT2D eigenvalue weighted by Crippen LogP contribution is -2.45. The highest BCUT2D eigenvalue weighted by Gasteiger charge is 2.25. The van der Waals surface area contributed by atoms with Crippen molar-refractivity contribution in [3.05, 3.63) is 105 Å². The molecule has 1 unspecified atom stereocenters. The molecular formula is C25H21N3O5. The SMILES string of the molecule is O=C(NCc1ccc2c(c1)OCO2)C(Cc1ccccc1)n1c(=O)[nH]c2ccccc2c1=O. The van der Waals surface area contributed by atoms with E-state index in [0.29, 0.717) is 22.4 Å². The van der Waals surface area contributed by atoms with Crippen molar-refractivity contribution in [1.29, 1.82) is 0 Å². The third-order valence-electron chi connectivity index (χ3n) is 5.63. The maximum absolute atomic E-state index is 13.3. The van der Waals surface area contributed by atoms with Gasteiger partial charge in [0.15, 0.2) is 11.5 Å². The van der Waals surface area contributed by atoms with Crippen molar-refractivity contribution in [3.63, 3.8) is 0 Å². The summed E-state index contributed by atoms with van der Waals surface area (Å²) in [5.74, 6) is 0.838. The first-order valence-corrected chi connectivity index (χ1v) is 10.5. The van der Waals surface area contributed by atoms with Crippen LogP contribution in [0.15, 0.2) is 82.4 Å². The quantitative estimate of drug-likeness (QED) is 0.477. The van der Waals surface area contributed by atoms with E-state index in [2.05, 4.69) is 10.3 Å². The number of carbonyl (C=O) groups excluding carboxylic acids is 1. The third kappa shape index (κ3) is 4.10. The Morgan fingerprint density at radius 3 is 2.55 bits per heavy atom. The van der Waals surface area contributed by atoms with Crippen LogP contribution in [-0.4, -0.2) is 22.3 Å². The molecule has 3 aromatic carbocycles. The minimum Gasteiger partial charge on any atom is -0.454 e. The predicted octanol–water partition coefficient (Wildman–Crippen LogP) is 2.52. The van der Waals surface area contributed by atoms with Crippen LogP contribution < -0.4 is 26.0 Å². The number of nitrogens with one attached hydrogen (secondary N) is 2. The number of carbonyl (C=O) groups is 1. The predicted molar refractivity (Wildman–Crippen MR) is 122 cm³/mol. The number of nitrogens with zero attached hydrogens (tertiary/aromatic N) is 1. The molecule has 2 N–H and O–H groups in total. The van der Waals surface area contributed by atoms with Gasteiger partial charge in [-0.25, -0.2) is 9.36 Å². The molecule has 8 heteroatoms. The van der Waals surface area contributed by atoms with Gasteiger partial charge in [0.2, 0.25) is 12.7 Å². The summed E-state index contributed by atoms with van der Waals surface area (Å²) in [6.45, 7) is 0.374. The highest BCUT2D eigenvalue weighted by Crippen LogP contribution is 2.32. The second kappa shape index (κ2) is 8.66. The van der Waals surface area contributed by atoms with Crippen LogP contribution >= 0.6 is 0 Å². The Hall–Kier alpha value is -4.33. The molecular weight excluding hydrogens is 422 g/mol. The van der Waals surface area contributed by atoms with Crippen LogP contribution in [0.1, 0.15) is 17.2 Å². The molecule has 1 amide bonds. The highest BCUT2D eigenvalue weighted by molar-refractivity contribution is 5.82. The van der Waals surface area contributed by atoms with Gasteiger partial charge in [-0.2, -0.15) is 0 Å². The number of aromatic nitrogens is 2. The highest BCUT2D eigenvalue weighted by atomic mass is 16.7. The molecule has 0 fully saturated rings. The monoisotopic (exact) mass is 443 g/mol. The van der Waals surface area contributed by atoms with E-state index in [0.717, 1.165) is 15.7 Å². The Kier molecular flexibility index (Phi) is 5.40. The van der Waals surface area contributed by atoms with Crippen LogP contribution in [0.5, 0.6) is 11.5 Å². The second-order valence-electron chi connectivity index (χ2n) is 7.76. The molecule has 4 aromatic rings. The Morgan fingerprint density at radius 2 is 1.70 bits per heavy atom. The van der Waals surface area contributed by atoms with Gasteiger partial charge in [-0.15, -0.1) is 0 Å². The number of ether oxygens (including phenoxy) is 2. The number of hydrogen-bond acceptors (Lipinski definition) is 5. The molecule has 1 aliphatic heterocycles. The van der Waals surface area contributed by atoms with Crippen LogP contribution in [0.4, 0.5) is 0 Å². The van der Waals surface area contributed by atoms with Crippen molar-refractivity contribution in [2.24, 2.45) is 0 Å². The summed E-state index contributed by atoms with van der Waals surface area (Å²) < 4.78 is 11.7. The number of amides is 1. The molecule has 2 heterocycles. The van der Waals surface area contributed by atoms with Crippen molar-refractivity contribution in [1.82, 2.24) is 14.9 Å². The smallest absolute Gasteiger partial charge is 0.329 e. The first-order chi connectivity index (χ1) is 16.1. The van der Waals surface area contributed by atoms with E-state index in [1.165, 1.54) is 0 Å². The van der Waals surface area contributed by atoms with Crippen molar-refractivity contribution < 1.29 is 14.3 Å². The van der Waals surface area contributed by atoms with Crippen LogP contribution in [0.3, 0.4) is 0 Å². The van der Waals surface area contributed by atoms with E-state index in [1.54, 1.807) is 36.4 Å².